The molecule has 2 aromatic rings. The van der Waals surface area contributed by atoms with Crippen molar-refractivity contribution in [3.8, 4) is 5.69 Å². The summed E-state index contributed by atoms with van der Waals surface area (Å²) in [6.45, 7) is 12.3. The number of Topliss-reactive ketones (excluding diaryl/α,β-unsaturated/α-hetero) is 1. The van der Waals surface area contributed by atoms with Crippen LogP contribution in [0.2, 0.25) is 0 Å². The highest BCUT2D eigenvalue weighted by molar-refractivity contribution is 5.93. The quantitative estimate of drug-likeness (QED) is 0.344. The van der Waals surface area contributed by atoms with Gasteiger partial charge in [0, 0.05) is 35.5 Å². The zero-order valence-corrected chi connectivity index (χ0v) is 27.5. The van der Waals surface area contributed by atoms with Crippen molar-refractivity contribution >= 4 is 29.9 Å². The molecule has 1 heterocycles. The van der Waals surface area contributed by atoms with E-state index in [2.05, 4.69) is 12.7 Å². The Labute approximate surface area is 270 Å². The Bertz CT molecular complexity index is 1630. The van der Waals surface area contributed by atoms with E-state index in [0.29, 0.717) is 25.7 Å². The minimum atomic E-state index is -2.00. The minimum absolute atomic E-state index is 0.0514. The number of para-hydroxylation sites is 1. The number of aromatic nitrogens is 2. The van der Waals surface area contributed by atoms with Crippen molar-refractivity contribution < 1.29 is 33.4 Å². The first-order valence-corrected chi connectivity index (χ1v) is 16.6. The first-order chi connectivity index (χ1) is 21.8. The maximum absolute atomic E-state index is 18.3. The van der Waals surface area contributed by atoms with Gasteiger partial charge in [-0.05, 0) is 61.3 Å². The summed E-state index contributed by atoms with van der Waals surface area (Å²) >= 11 is 0. The molecule has 9 heteroatoms. The number of rotatable bonds is 8. The van der Waals surface area contributed by atoms with Crippen LogP contribution in [0.15, 0.2) is 42.6 Å². The van der Waals surface area contributed by atoms with Crippen LogP contribution in [-0.4, -0.2) is 56.6 Å². The molecule has 8 nitrogen and oxygen atoms in total. The summed E-state index contributed by atoms with van der Waals surface area (Å²) < 4.78 is 31.6. The highest BCUT2D eigenvalue weighted by atomic mass is 19.1. The Morgan fingerprint density at radius 1 is 1.15 bits per heavy atom. The lowest BCUT2D eigenvalue weighted by Crippen LogP contribution is -2.70. The molecule has 0 radical (unpaired) electrons. The van der Waals surface area contributed by atoms with E-state index >= 15 is 4.39 Å². The molecule has 0 saturated heterocycles. The molecule has 0 amide bonds. The number of nitrogens with zero attached hydrogens (tertiary/aromatic N) is 2. The molecule has 0 spiro atoms. The average molecular weight is 633 g/mol. The maximum Gasteiger partial charge on any atom is 0.306 e. The van der Waals surface area contributed by atoms with Gasteiger partial charge in [0.05, 0.1) is 23.7 Å². The fourth-order valence-electron chi connectivity index (χ4n) is 9.90. The van der Waals surface area contributed by atoms with Crippen LogP contribution in [0.25, 0.3) is 17.8 Å². The zero-order valence-electron chi connectivity index (χ0n) is 27.5. The number of hydrogen-bond donors (Lipinski definition) is 1. The number of carbonyl (C=O) groups is 3. The van der Waals surface area contributed by atoms with Gasteiger partial charge in [0.1, 0.15) is 5.67 Å². The van der Waals surface area contributed by atoms with E-state index in [1.165, 1.54) is 0 Å². The van der Waals surface area contributed by atoms with Gasteiger partial charge in [0.2, 0.25) is 5.78 Å². The molecule has 3 saturated carbocycles. The number of fused-ring (bicyclic) bond motifs is 6. The molecule has 246 valence electrons. The number of aliphatic hydroxyl groups is 1. The Kier molecular flexibility index (Phi) is 7.94. The first-order valence-electron chi connectivity index (χ1n) is 16.6. The maximum atomic E-state index is 18.3. The first kappa shape index (κ1) is 32.4. The third-order valence-corrected chi connectivity index (χ3v) is 12.1. The molecule has 0 unspecified atom stereocenters. The van der Waals surface area contributed by atoms with Crippen molar-refractivity contribution in [3.63, 3.8) is 0 Å². The number of alkyl halides is 1. The van der Waals surface area contributed by atoms with Crippen LogP contribution < -0.4 is 0 Å². The van der Waals surface area contributed by atoms with E-state index in [-0.39, 0.29) is 25.2 Å². The second-order valence-corrected chi connectivity index (χ2v) is 14.2. The van der Waals surface area contributed by atoms with Gasteiger partial charge in [-0.25, -0.2) is 9.07 Å². The fraction of sp³-hybridized carbons (Fsp3) is 0.568. The molecular formula is C37H45FN2O6. The summed E-state index contributed by atoms with van der Waals surface area (Å²) in [7, 11) is 0. The summed E-state index contributed by atoms with van der Waals surface area (Å²) in [5, 5.41) is 16.8. The summed E-state index contributed by atoms with van der Waals surface area (Å²) in [4.78, 5) is 39.0. The Morgan fingerprint density at radius 2 is 1.87 bits per heavy atom. The van der Waals surface area contributed by atoms with Crippen molar-refractivity contribution in [3.05, 3.63) is 59.4 Å². The lowest BCUT2D eigenvalue weighted by Gasteiger charge is -2.63. The summed E-state index contributed by atoms with van der Waals surface area (Å²) in [5.74, 6) is -3.00. The zero-order chi connectivity index (χ0) is 33.2. The summed E-state index contributed by atoms with van der Waals surface area (Å²) in [6.07, 6.45) is 6.21. The molecule has 0 bridgehead atoms. The number of hydrogen-bond acceptors (Lipinski definition) is 7. The van der Waals surface area contributed by atoms with E-state index in [1.54, 1.807) is 26.1 Å². The Morgan fingerprint density at radius 3 is 2.57 bits per heavy atom. The molecule has 8 atom stereocenters. The standard InChI is InChI=1S/C37H45FN2O6/c1-7-23-12-10-11-13-28(23)40-29-17-25-14-15-26-27-16-22(4)37(46-33(44)9-3,31(42)21-45-32(43)8-2)35(27,6)19-30(41)36(26,38)34(25,5)18-24(29)20-39-40/h7,10-13,17,20,22,26-27,30,41H,1,8-9,14-16,18-19,21H2,2-6H3/t22-,26-,27-,30-,34-,35-,36-,37-/m0/s1. The molecule has 1 aromatic heterocycles. The second kappa shape index (κ2) is 11.3. The number of allylic oxidation sites excluding steroid dienone is 1. The monoisotopic (exact) mass is 632 g/mol. The molecule has 46 heavy (non-hydrogen) atoms. The molecule has 1 N–H and O–H groups in total. The van der Waals surface area contributed by atoms with Gasteiger partial charge in [0.25, 0.3) is 0 Å². The third kappa shape index (κ3) is 4.26. The summed E-state index contributed by atoms with van der Waals surface area (Å²) in [5.41, 5.74) is -1.14. The average Bonchev–Trinajstić information content (AvgIpc) is 3.54. The molecule has 6 rings (SSSR count). The molecule has 0 aliphatic heterocycles. The Hall–Kier alpha value is -3.59. The van der Waals surface area contributed by atoms with E-state index < -0.39 is 64.4 Å². The highest BCUT2D eigenvalue weighted by Gasteiger charge is 2.77. The lowest BCUT2D eigenvalue weighted by atomic mass is 9.43. The van der Waals surface area contributed by atoms with Crippen molar-refractivity contribution in [2.45, 2.75) is 96.9 Å². The molecule has 3 fully saturated rings. The van der Waals surface area contributed by atoms with Crippen LogP contribution in [0.3, 0.4) is 0 Å². The second-order valence-electron chi connectivity index (χ2n) is 14.2. The topological polar surface area (TPSA) is 108 Å². The molecule has 1 aromatic carbocycles. The van der Waals surface area contributed by atoms with E-state index in [9.17, 15) is 19.5 Å². The Balaban J connectivity index is 1.40. The number of ketones is 1. The van der Waals surface area contributed by atoms with Crippen LogP contribution in [0.4, 0.5) is 4.39 Å². The van der Waals surface area contributed by atoms with E-state index in [4.69, 9.17) is 14.6 Å². The van der Waals surface area contributed by atoms with Crippen molar-refractivity contribution in [2.75, 3.05) is 6.61 Å². The third-order valence-electron chi connectivity index (χ3n) is 12.1. The number of esters is 2. The normalized spacial score (nSPS) is 35.9. The van der Waals surface area contributed by atoms with Crippen LogP contribution in [0.1, 0.15) is 90.0 Å². The van der Waals surface area contributed by atoms with Crippen molar-refractivity contribution in [1.82, 2.24) is 9.78 Å². The van der Waals surface area contributed by atoms with Gasteiger partial charge < -0.3 is 14.6 Å². The molecule has 4 aliphatic carbocycles. The van der Waals surface area contributed by atoms with Gasteiger partial charge in [-0.3, -0.25) is 14.4 Å². The minimum Gasteiger partial charge on any atom is -0.457 e. The molecule has 4 aliphatic rings. The number of carbonyl (C=O) groups excluding carboxylic acids is 3. The van der Waals surface area contributed by atoms with Crippen LogP contribution in [0, 0.1) is 28.6 Å². The van der Waals surface area contributed by atoms with Crippen LogP contribution in [-0.2, 0) is 30.3 Å². The van der Waals surface area contributed by atoms with E-state index in [0.717, 1.165) is 28.1 Å². The van der Waals surface area contributed by atoms with Crippen molar-refractivity contribution in [2.24, 2.45) is 28.6 Å². The smallest absolute Gasteiger partial charge is 0.306 e. The largest absolute Gasteiger partial charge is 0.457 e. The lowest BCUT2D eigenvalue weighted by molar-refractivity contribution is -0.234. The highest BCUT2D eigenvalue weighted by Crippen LogP contribution is 2.72. The van der Waals surface area contributed by atoms with Gasteiger partial charge in [-0.15, -0.1) is 0 Å². The predicted molar refractivity (Wildman–Crippen MR) is 171 cm³/mol. The van der Waals surface area contributed by atoms with Gasteiger partial charge in [0.15, 0.2) is 12.2 Å². The fourth-order valence-corrected chi connectivity index (χ4v) is 9.90. The number of aliphatic hydroxyl groups excluding tert-OH is 1. The predicted octanol–water partition coefficient (Wildman–Crippen LogP) is 6.22. The summed E-state index contributed by atoms with van der Waals surface area (Å²) in [6, 6.07) is 7.86. The van der Waals surface area contributed by atoms with Gasteiger partial charge in [-0.2, -0.15) is 5.10 Å². The van der Waals surface area contributed by atoms with Crippen LogP contribution >= 0.6 is 0 Å². The molecular weight excluding hydrogens is 587 g/mol. The van der Waals surface area contributed by atoms with E-state index in [1.807, 2.05) is 49.7 Å². The van der Waals surface area contributed by atoms with Gasteiger partial charge in [-0.1, -0.05) is 71.0 Å². The number of ether oxygens (including phenoxy) is 2. The SMILES string of the molecule is C=Cc1ccccc1-n1ncc2c1C=C1CC[C@H]3[C@@H]4C[C@H](C)[C@](OC(=O)CC)(C(=O)COC(=O)CC)[C@@]4(C)C[C@H](O)[C@]3(F)[C@@]1(C)C2. The van der Waals surface area contributed by atoms with Crippen molar-refractivity contribution in [1.29, 1.82) is 0 Å². The van der Waals surface area contributed by atoms with Crippen LogP contribution in [0.5, 0.6) is 0 Å². The van der Waals surface area contributed by atoms with Gasteiger partial charge >= 0.3 is 11.9 Å². The number of halogens is 1. The number of benzene rings is 1.